The molecule has 1 N–H and O–H groups in total. The molecular weight excluding hydrogens is 332 g/mol. The summed E-state index contributed by atoms with van der Waals surface area (Å²) in [6, 6.07) is 0. The Hall–Kier alpha value is -2.09. The summed E-state index contributed by atoms with van der Waals surface area (Å²) in [4.78, 5) is 20.9. The van der Waals surface area contributed by atoms with Gasteiger partial charge in [0.2, 0.25) is 5.91 Å². The van der Waals surface area contributed by atoms with E-state index in [1.54, 1.807) is 15.8 Å². The van der Waals surface area contributed by atoms with Gasteiger partial charge in [0.1, 0.15) is 6.54 Å². The number of nitrogens with zero attached hydrogens (tertiary/aromatic N) is 5. The Morgan fingerprint density at radius 3 is 2.81 bits per heavy atom. The lowest BCUT2D eigenvalue weighted by Gasteiger charge is -2.35. The normalized spacial score (nSPS) is 15.9. The lowest BCUT2D eigenvalue weighted by atomic mass is 10.1. The van der Waals surface area contributed by atoms with Gasteiger partial charge in [-0.05, 0) is 19.3 Å². The van der Waals surface area contributed by atoms with Crippen molar-refractivity contribution in [1.82, 2.24) is 20.0 Å². The van der Waals surface area contributed by atoms with E-state index < -0.39 is 0 Å². The number of aromatic nitrogens is 2. The van der Waals surface area contributed by atoms with Crippen LogP contribution in [0.3, 0.4) is 0 Å². The number of anilines is 1. The van der Waals surface area contributed by atoms with Crippen molar-refractivity contribution in [2.75, 3.05) is 50.8 Å². The summed E-state index contributed by atoms with van der Waals surface area (Å²) in [5.74, 6) is 1.49. The summed E-state index contributed by atoms with van der Waals surface area (Å²) in [5.41, 5.74) is 0.845. The van der Waals surface area contributed by atoms with Crippen LogP contribution in [0.2, 0.25) is 0 Å². The van der Waals surface area contributed by atoms with Crippen molar-refractivity contribution in [2.45, 2.75) is 27.2 Å². The van der Waals surface area contributed by atoms with Gasteiger partial charge >= 0.3 is 0 Å². The Kier molecular flexibility index (Phi) is 7.90. The molecule has 0 bridgehead atoms. The Balaban J connectivity index is 1.86. The molecule has 0 saturated carbocycles. The number of ether oxygens (including phenoxy) is 1. The highest BCUT2D eigenvalue weighted by atomic mass is 16.5. The van der Waals surface area contributed by atoms with E-state index in [2.05, 4.69) is 29.3 Å². The molecule has 1 saturated heterocycles. The molecular formula is C18H32N6O2. The van der Waals surface area contributed by atoms with Crippen molar-refractivity contribution in [3.8, 4) is 0 Å². The molecule has 1 aliphatic rings. The average molecular weight is 364 g/mol. The number of hydrogen-bond donors (Lipinski definition) is 1. The van der Waals surface area contributed by atoms with Crippen LogP contribution in [-0.4, -0.2) is 72.5 Å². The van der Waals surface area contributed by atoms with Crippen molar-refractivity contribution in [3.63, 3.8) is 0 Å². The molecule has 0 aromatic carbocycles. The zero-order valence-corrected chi connectivity index (χ0v) is 16.4. The Bertz CT molecular complexity index is 598. The maximum Gasteiger partial charge on any atom is 0.246 e. The summed E-state index contributed by atoms with van der Waals surface area (Å²) in [6.07, 6.45) is 4.65. The minimum atomic E-state index is 0.0584. The summed E-state index contributed by atoms with van der Waals surface area (Å²) < 4.78 is 7.33. The second-order valence-electron chi connectivity index (χ2n) is 6.87. The largest absolute Gasteiger partial charge is 0.380 e. The molecule has 146 valence electrons. The van der Waals surface area contributed by atoms with Crippen LogP contribution in [0.25, 0.3) is 0 Å². The van der Waals surface area contributed by atoms with Crippen molar-refractivity contribution < 1.29 is 9.53 Å². The molecule has 1 aromatic heterocycles. The Labute approximate surface area is 156 Å². The quantitative estimate of drug-likeness (QED) is 0.425. The number of carbonyl (C=O) groups excluding carboxylic acids is 1. The number of hydrogen-bond acceptors (Lipinski definition) is 4. The molecule has 0 radical (unpaired) electrons. The molecule has 8 heteroatoms. The highest BCUT2D eigenvalue weighted by Gasteiger charge is 2.27. The predicted molar refractivity (Wildman–Crippen MR) is 103 cm³/mol. The van der Waals surface area contributed by atoms with Crippen molar-refractivity contribution >= 4 is 17.6 Å². The van der Waals surface area contributed by atoms with Gasteiger partial charge in [0.15, 0.2) is 5.96 Å². The number of aryl methyl sites for hydroxylation is 1. The fraction of sp³-hybridized carbons (Fsp3) is 0.722. The van der Waals surface area contributed by atoms with Gasteiger partial charge in [0, 0.05) is 39.5 Å². The fourth-order valence-electron chi connectivity index (χ4n) is 2.74. The molecule has 1 aromatic rings. The molecule has 2 rings (SSSR count). The monoisotopic (exact) mass is 364 g/mol. The van der Waals surface area contributed by atoms with Gasteiger partial charge in [0.05, 0.1) is 25.0 Å². The van der Waals surface area contributed by atoms with Crippen LogP contribution in [0, 0.1) is 5.92 Å². The minimum Gasteiger partial charge on any atom is -0.380 e. The minimum absolute atomic E-state index is 0.0584. The average Bonchev–Trinajstić information content (AvgIpc) is 3.02. The molecule has 26 heavy (non-hydrogen) atoms. The second-order valence-corrected chi connectivity index (χ2v) is 6.87. The van der Waals surface area contributed by atoms with Crippen LogP contribution in [0.1, 0.15) is 27.2 Å². The molecule has 2 heterocycles. The van der Waals surface area contributed by atoms with E-state index in [0.29, 0.717) is 32.2 Å². The van der Waals surface area contributed by atoms with Crippen LogP contribution < -0.4 is 10.2 Å². The first-order valence-corrected chi connectivity index (χ1v) is 9.41. The number of rotatable bonds is 8. The standard InChI is InChI=1S/C18H32N6O2/c1-5-19-18(20-7-11-26-10-6-15(2)3)23-8-9-24(17(25)14-23)16-12-21-22(4)13-16/h12-13,15H,5-11,14H2,1-4H3,(H,19,20). The molecule has 8 nitrogen and oxygen atoms in total. The molecule has 0 spiro atoms. The fourth-order valence-corrected chi connectivity index (χ4v) is 2.74. The van der Waals surface area contributed by atoms with Gasteiger partial charge in [0.25, 0.3) is 0 Å². The Morgan fingerprint density at radius 1 is 1.38 bits per heavy atom. The summed E-state index contributed by atoms with van der Waals surface area (Å²) in [6.45, 7) is 10.8. The SMILES string of the molecule is CCNC(=NCCOCCC(C)C)N1CCN(c2cnn(C)c2)C(=O)C1. The van der Waals surface area contributed by atoms with Gasteiger partial charge in [-0.1, -0.05) is 13.8 Å². The van der Waals surface area contributed by atoms with Gasteiger partial charge < -0.3 is 19.9 Å². The first-order chi connectivity index (χ1) is 12.5. The molecule has 1 amide bonds. The molecule has 0 unspecified atom stereocenters. The van der Waals surface area contributed by atoms with E-state index in [9.17, 15) is 4.79 Å². The first-order valence-electron chi connectivity index (χ1n) is 9.41. The Morgan fingerprint density at radius 2 is 2.19 bits per heavy atom. The summed E-state index contributed by atoms with van der Waals surface area (Å²) in [5, 5.41) is 7.42. The number of aliphatic imine (C=N–C) groups is 1. The molecule has 0 atom stereocenters. The summed E-state index contributed by atoms with van der Waals surface area (Å²) >= 11 is 0. The van der Waals surface area contributed by atoms with Gasteiger partial charge in [-0.25, -0.2) is 0 Å². The van der Waals surface area contributed by atoms with Crippen LogP contribution in [-0.2, 0) is 16.6 Å². The molecule has 1 fully saturated rings. The van der Waals surface area contributed by atoms with Crippen LogP contribution in [0.4, 0.5) is 5.69 Å². The van der Waals surface area contributed by atoms with Crippen LogP contribution >= 0.6 is 0 Å². The highest BCUT2D eigenvalue weighted by Crippen LogP contribution is 2.16. The van der Waals surface area contributed by atoms with E-state index in [-0.39, 0.29) is 5.91 Å². The molecule has 1 aliphatic heterocycles. The molecule has 0 aliphatic carbocycles. The third kappa shape index (κ3) is 6.01. The second kappa shape index (κ2) is 10.2. The summed E-state index contributed by atoms with van der Waals surface area (Å²) in [7, 11) is 1.85. The van der Waals surface area contributed by atoms with E-state index in [1.807, 2.05) is 25.1 Å². The maximum absolute atomic E-state index is 12.5. The number of piperazine rings is 1. The highest BCUT2D eigenvalue weighted by molar-refractivity contribution is 5.98. The number of nitrogens with one attached hydrogen (secondary N) is 1. The topological polar surface area (TPSA) is 75.0 Å². The zero-order valence-electron chi connectivity index (χ0n) is 16.4. The number of carbonyl (C=O) groups is 1. The van der Waals surface area contributed by atoms with Crippen molar-refractivity contribution in [2.24, 2.45) is 18.0 Å². The van der Waals surface area contributed by atoms with Gasteiger partial charge in [-0.2, -0.15) is 5.10 Å². The smallest absolute Gasteiger partial charge is 0.246 e. The third-order valence-electron chi connectivity index (χ3n) is 4.19. The zero-order chi connectivity index (χ0) is 18.9. The lowest BCUT2D eigenvalue weighted by Crippen LogP contribution is -2.55. The van der Waals surface area contributed by atoms with Crippen LogP contribution in [0.5, 0.6) is 0 Å². The van der Waals surface area contributed by atoms with Gasteiger partial charge in [-0.3, -0.25) is 14.5 Å². The van der Waals surface area contributed by atoms with E-state index >= 15 is 0 Å². The lowest BCUT2D eigenvalue weighted by molar-refractivity contribution is -0.120. The van der Waals surface area contributed by atoms with E-state index in [1.165, 1.54) is 0 Å². The van der Waals surface area contributed by atoms with E-state index in [4.69, 9.17) is 4.74 Å². The van der Waals surface area contributed by atoms with Crippen LogP contribution in [0.15, 0.2) is 17.4 Å². The maximum atomic E-state index is 12.5. The van der Waals surface area contributed by atoms with Crippen molar-refractivity contribution in [1.29, 1.82) is 0 Å². The number of guanidine groups is 1. The number of amides is 1. The van der Waals surface area contributed by atoms with Crippen molar-refractivity contribution in [3.05, 3.63) is 12.4 Å². The van der Waals surface area contributed by atoms with Gasteiger partial charge in [-0.15, -0.1) is 0 Å². The predicted octanol–water partition coefficient (Wildman–Crippen LogP) is 1.10. The first kappa shape index (κ1) is 20.2. The third-order valence-corrected chi connectivity index (χ3v) is 4.19. The van der Waals surface area contributed by atoms with E-state index in [0.717, 1.165) is 37.8 Å².